The van der Waals surface area contributed by atoms with Crippen LogP contribution in [0.25, 0.3) is 4.96 Å². The summed E-state index contributed by atoms with van der Waals surface area (Å²) in [7, 11) is 0. The van der Waals surface area contributed by atoms with E-state index >= 15 is 0 Å². The van der Waals surface area contributed by atoms with Gasteiger partial charge in [-0.2, -0.15) is 4.98 Å². The molecule has 0 radical (unpaired) electrons. The first kappa shape index (κ1) is 13.1. The number of fused-ring (bicyclic) bond motifs is 1. The molecular formula is C12H6BrFN2O3S. The number of halogens is 2. The van der Waals surface area contributed by atoms with Crippen molar-refractivity contribution in [2.24, 2.45) is 0 Å². The second-order valence-electron chi connectivity index (χ2n) is 3.80. The maximum Gasteiger partial charge on any atom is 0.358 e. The molecule has 2 aromatic heterocycles. The van der Waals surface area contributed by atoms with E-state index in [-0.39, 0.29) is 17.3 Å². The van der Waals surface area contributed by atoms with Crippen LogP contribution in [0.4, 0.5) is 4.39 Å². The van der Waals surface area contributed by atoms with Gasteiger partial charge in [0.2, 0.25) is 0 Å². The highest BCUT2D eigenvalue weighted by molar-refractivity contribution is 9.10. The highest BCUT2D eigenvalue weighted by atomic mass is 79.9. The second-order valence-corrected chi connectivity index (χ2v) is 5.59. The molecule has 0 atom stereocenters. The molecule has 3 aromatic rings. The Hall–Kier alpha value is -1.93. The van der Waals surface area contributed by atoms with Gasteiger partial charge in [-0.15, -0.1) is 11.3 Å². The van der Waals surface area contributed by atoms with E-state index < -0.39 is 11.8 Å². The normalized spacial score (nSPS) is 10.9. The Morgan fingerprint density at radius 2 is 2.30 bits per heavy atom. The summed E-state index contributed by atoms with van der Waals surface area (Å²) in [6.45, 7) is 0. The SMILES string of the molecule is O=C(O)c1c(Oc2cc(Br)ccc2F)nc2sccn12. The van der Waals surface area contributed by atoms with Gasteiger partial charge in [0, 0.05) is 16.0 Å². The number of ether oxygens (including phenoxy) is 1. The van der Waals surface area contributed by atoms with Crippen LogP contribution in [0.2, 0.25) is 0 Å². The van der Waals surface area contributed by atoms with Gasteiger partial charge in [-0.05, 0) is 18.2 Å². The van der Waals surface area contributed by atoms with Gasteiger partial charge in [-0.25, -0.2) is 9.18 Å². The van der Waals surface area contributed by atoms with Crippen LogP contribution >= 0.6 is 27.3 Å². The van der Waals surface area contributed by atoms with E-state index in [2.05, 4.69) is 20.9 Å². The van der Waals surface area contributed by atoms with Crippen molar-refractivity contribution in [1.82, 2.24) is 9.38 Å². The van der Waals surface area contributed by atoms with Crippen molar-refractivity contribution in [2.45, 2.75) is 0 Å². The van der Waals surface area contributed by atoms with Gasteiger partial charge in [0.05, 0.1) is 0 Å². The molecule has 3 rings (SSSR count). The van der Waals surface area contributed by atoms with Crippen LogP contribution < -0.4 is 4.74 Å². The summed E-state index contributed by atoms with van der Waals surface area (Å²) < 4.78 is 21.0. The largest absolute Gasteiger partial charge is 0.476 e. The molecule has 0 saturated heterocycles. The molecule has 1 N–H and O–H groups in total. The van der Waals surface area contributed by atoms with Crippen molar-refractivity contribution in [1.29, 1.82) is 0 Å². The Morgan fingerprint density at radius 1 is 1.50 bits per heavy atom. The number of carboxylic acid groups (broad SMARTS) is 1. The number of thiazole rings is 1. The van der Waals surface area contributed by atoms with Gasteiger partial charge in [-0.3, -0.25) is 4.40 Å². The molecule has 0 aliphatic rings. The molecule has 5 nitrogen and oxygen atoms in total. The van der Waals surface area contributed by atoms with Gasteiger partial charge in [0.25, 0.3) is 5.88 Å². The molecule has 0 saturated carbocycles. The van der Waals surface area contributed by atoms with E-state index in [1.807, 2.05) is 0 Å². The van der Waals surface area contributed by atoms with Crippen molar-refractivity contribution in [3.05, 3.63) is 45.8 Å². The third kappa shape index (κ3) is 2.16. The van der Waals surface area contributed by atoms with Crippen LogP contribution in [-0.2, 0) is 0 Å². The maximum absolute atomic E-state index is 13.6. The quantitative estimate of drug-likeness (QED) is 0.775. The van der Waals surface area contributed by atoms with E-state index in [1.54, 1.807) is 11.6 Å². The molecule has 2 heterocycles. The lowest BCUT2D eigenvalue weighted by atomic mass is 10.3. The first-order valence-electron chi connectivity index (χ1n) is 5.38. The first-order chi connectivity index (χ1) is 9.56. The van der Waals surface area contributed by atoms with Gasteiger partial charge in [0.1, 0.15) is 0 Å². The van der Waals surface area contributed by atoms with Crippen molar-refractivity contribution in [2.75, 3.05) is 0 Å². The van der Waals surface area contributed by atoms with E-state index in [1.165, 1.54) is 33.9 Å². The minimum absolute atomic E-state index is 0.0902. The van der Waals surface area contributed by atoms with Gasteiger partial charge in [0.15, 0.2) is 22.2 Å². The number of imidazole rings is 1. The summed E-state index contributed by atoms with van der Waals surface area (Å²) in [4.78, 5) is 15.8. The first-order valence-corrected chi connectivity index (χ1v) is 7.05. The van der Waals surface area contributed by atoms with Gasteiger partial charge < -0.3 is 9.84 Å². The van der Waals surface area contributed by atoms with E-state index in [0.29, 0.717) is 9.43 Å². The molecule has 0 aliphatic heterocycles. The Balaban J connectivity index is 2.10. The zero-order valence-corrected chi connectivity index (χ0v) is 12.1. The van der Waals surface area contributed by atoms with Crippen LogP contribution in [0, 0.1) is 5.82 Å². The molecule has 0 unspecified atom stereocenters. The summed E-state index contributed by atoms with van der Waals surface area (Å²) in [5.74, 6) is -2.02. The molecule has 0 fully saturated rings. The summed E-state index contributed by atoms with van der Waals surface area (Å²) >= 11 is 4.46. The molecule has 0 amide bonds. The number of nitrogens with zero attached hydrogens (tertiary/aromatic N) is 2. The van der Waals surface area contributed by atoms with Crippen LogP contribution in [0.5, 0.6) is 11.6 Å². The zero-order valence-electron chi connectivity index (χ0n) is 9.71. The topological polar surface area (TPSA) is 63.8 Å². The Labute approximate surface area is 124 Å². The lowest BCUT2D eigenvalue weighted by Gasteiger charge is -2.05. The average Bonchev–Trinajstić information content (AvgIpc) is 2.93. The van der Waals surface area contributed by atoms with Crippen molar-refractivity contribution >= 4 is 38.2 Å². The predicted octanol–water partition coefficient (Wildman–Crippen LogP) is 3.79. The third-order valence-electron chi connectivity index (χ3n) is 2.53. The fourth-order valence-electron chi connectivity index (χ4n) is 1.69. The van der Waals surface area contributed by atoms with Crippen LogP contribution in [0.15, 0.2) is 34.2 Å². The smallest absolute Gasteiger partial charge is 0.358 e. The van der Waals surface area contributed by atoms with E-state index in [0.717, 1.165) is 0 Å². The number of rotatable bonds is 3. The molecule has 102 valence electrons. The number of hydrogen-bond donors (Lipinski definition) is 1. The molecule has 0 bridgehead atoms. The lowest BCUT2D eigenvalue weighted by molar-refractivity contribution is 0.0686. The van der Waals surface area contributed by atoms with Gasteiger partial charge >= 0.3 is 5.97 Å². The summed E-state index contributed by atoms with van der Waals surface area (Å²) in [6.07, 6.45) is 1.57. The molecule has 20 heavy (non-hydrogen) atoms. The summed E-state index contributed by atoms with van der Waals surface area (Å²) in [5, 5.41) is 10.9. The minimum Gasteiger partial charge on any atom is -0.476 e. The number of hydrogen-bond acceptors (Lipinski definition) is 4. The number of aromatic nitrogens is 2. The van der Waals surface area contributed by atoms with E-state index in [9.17, 15) is 14.3 Å². The Morgan fingerprint density at radius 3 is 3.05 bits per heavy atom. The maximum atomic E-state index is 13.6. The number of benzene rings is 1. The van der Waals surface area contributed by atoms with Crippen molar-refractivity contribution in [3.63, 3.8) is 0 Å². The highest BCUT2D eigenvalue weighted by Crippen LogP contribution is 2.31. The Bertz CT molecular complexity index is 814. The fraction of sp³-hybridized carbons (Fsp3) is 0. The molecule has 0 aliphatic carbocycles. The van der Waals surface area contributed by atoms with Crippen LogP contribution in [-0.4, -0.2) is 20.5 Å². The molecule has 0 spiro atoms. The standard InChI is InChI=1S/C12H6BrFN2O3S/c13-6-1-2-7(14)8(5-6)19-10-9(11(17)18)16-3-4-20-12(16)15-10/h1-5H,(H,17,18). The predicted molar refractivity (Wildman–Crippen MR) is 74.2 cm³/mol. The molecule has 1 aromatic carbocycles. The second kappa shape index (κ2) is 4.88. The minimum atomic E-state index is -1.19. The summed E-state index contributed by atoms with van der Waals surface area (Å²) in [6, 6.07) is 4.15. The zero-order chi connectivity index (χ0) is 14.3. The third-order valence-corrected chi connectivity index (χ3v) is 3.78. The molecule has 8 heteroatoms. The Kier molecular flexibility index (Phi) is 3.19. The lowest BCUT2D eigenvalue weighted by Crippen LogP contribution is -2.03. The number of carboxylic acids is 1. The van der Waals surface area contributed by atoms with Crippen molar-refractivity contribution in [3.8, 4) is 11.6 Å². The molecular weight excluding hydrogens is 351 g/mol. The van der Waals surface area contributed by atoms with E-state index in [4.69, 9.17) is 4.74 Å². The summed E-state index contributed by atoms with van der Waals surface area (Å²) in [5.41, 5.74) is -0.138. The number of aromatic carboxylic acids is 1. The van der Waals surface area contributed by atoms with Crippen LogP contribution in [0.3, 0.4) is 0 Å². The van der Waals surface area contributed by atoms with Crippen LogP contribution in [0.1, 0.15) is 10.5 Å². The van der Waals surface area contributed by atoms with Gasteiger partial charge in [-0.1, -0.05) is 15.9 Å². The monoisotopic (exact) mass is 356 g/mol. The van der Waals surface area contributed by atoms with Crippen molar-refractivity contribution < 1.29 is 19.0 Å². The number of carbonyl (C=O) groups is 1. The fourth-order valence-corrected chi connectivity index (χ4v) is 2.74. The highest BCUT2D eigenvalue weighted by Gasteiger charge is 2.22. The average molecular weight is 357 g/mol.